The van der Waals surface area contributed by atoms with Gasteiger partial charge in [0.05, 0.1) is 12.3 Å². The number of nitrogens with one attached hydrogen (secondary N) is 1. The van der Waals surface area contributed by atoms with Crippen LogP contribution in [0, 0.1) is 40.4 Å². The van der Waals surface area contributed by atoms with E-state index in [0.717, 1.165) is 57.2 Å². The normalized spacial score (nSPS) is 44.5. The van der Waals surface area contributed by atoms with Gasteiger partial charge in [0.2, 0.25) is 0 Å². The van der Waals surface area contributed by atoms with E-state index >= 15 is 0 Å². The van der Waals surface area contributed by atoms with E-state index in [0.29, 0.717) is 24.7 Å². The molecular weight excluding hydrogens is 380 g/mol. The van der Waals surface area contributed by atoms with Crippen molar-refractivity contribution in [2.75, 3.05) is 26.8 Å². The zero-order valence-electron chi connectivity index (χ0n) is 18.8. The van der Waals surface area contributed by atoms with Gasteiger partial charge < -0.3 is 15.3 Å². The number of ketones is 2. The number of oxime groups is 1. The molecule has 0 aromatic rings. The van der Waals surface area contributed by atoms with E-state index in [9.17, 15) is 14.7 Å². The van der Waals surface area contributed by atoms with Gasteiger partial charge in [-0.05, 0) is 81.7 Å². The Morgan fingerprint density at radius 1 is 1.13 bits per heavy atom. The van der Waals surface area contributed by atoms with Gasteiger partial charge in [-0.3, -0.25) is 9.59 Å². The van der Waals surface area contributed by atoms with E-state index in [1.807, 2.05) is 7.05 Å². The molecule has 0 radical (unpaired) electrons. The molecule has 30 heavy (non-hydrogen) atoms. The summed E-state index contributed by atoms with van der Waals surface area (Å²) in [5.41, 5.74) is 0.718. The number of fused-ring (bicyclic) bond motifs is 5. The molecule has 2 N–H and O–H groups in total. The Morgan fingerprint density at radius 3 is 2.67 bits per heavy atom. The summed E-state index contributed by atoms with van der Waals surface area (Å²) in [6.45, 7) is 5.83. The van der Waals surface area contributed by atoms with Gasteiger partial charge in [0.25, 0.3) is 0 Å². The van der Waals surface area contributed by atoms with Crippen molar-refractivity contribution in [2.24, 2.45) is 45.6 Å². The van der Waals surface area contributed by atoms with Crippen LogP contribution in [-0.4, -0.2) is 49.2 Å². The maximum absolute atomic E-state index is 13.7. The summed E-state index contributed by atoms with van der Waals surface area (Å²) in [7, 11) is 1.92. The number of rotatable bonds is 6. The first kappa shape index (κ1) is 21.9. The molecule has 1 unspecified atom stereocenters. The maximum atomic E-state index is 13.7. The van der Waals surface area contributed by atoms with Crippen LogP contribution >= 0.6 is 0 Å². The van der Waals surface area contributed by atoms with Gasteiger partial charge in [-0.25, -0.2) is 0 Å². The number of aliphatic hydroxyl groups is 1. The summed E-state index contributed by atoms with van der Waals surface area (Å²) in [6, 6.07) is 0. The molecule has 0 bridgehead atoms. The molecule has 6 heteroatoms. The fourth-order valence-corrected chi connectivity index (χ4v) is 7.50. The number of nitrogens with zero attached hydrogens (tertiary/aromatic N) is 1. The number of carbonyl (C=O) groups excluding carboxylic acids is 2. The van der Waals surface area contributed by atoms with E-state index in [-0.39, 0.29) is 46.9 Å². The van der Waals surface area contributed by atoms with E-state index in [2.05, 4.69) is 24.3 Å². The van der Waals surface area contributed by atoms with Gasteiger partial charge in [-0.2, -0.15) is 0 Å². The molecule has 4 aliphatic carbocycles. The highest BCUT2D eigenvalue weighted by Crippen LogP contribution is 2.65. The molecule has 0 amide bonds. The lowest BCUT2D eigenvalue weighted by atomic mass is 9.43. The number of aliphatic hydroxyl groups excluding tert-OH is 1. The largest absolute Gasteiger partial charge is 0.396 e. The zero-order valence-corrected chi connectivity index (χ0v) is 18.8. The molecule has 0 aromatic heterocycles. The fourth-order valence-electron chi connectivity index (χ4n) is 7.50. The van der Waals surface area contributed by atoms with Gasteiger partial charge in [-0.15, -0.1) is 0 Å². The maximum Gasteiger partial charge on any atom is 0.142 e. The molecule has 4 saturated carbocycles. The van der Waals surface area contributed by atoms with Crippen LogP contribution in [0.3, 0.4) is 0 Å². The van der Waals surface area contributed by atoms with Crippen molar-refractivity contribution in [3.05, 3.63) is 0 Å². The summed E-state index contributed by atoms with van der Waals surface area (Å²) in [5, 5.41) is 17.8. The third-order valence-electron chi connectivity index (χ3n) is 9.31. The summed E-state index contributed by atoms with van der Waals surface area (Å²) in [6.07, 6.45) is 6.85. The minimum absolute atomic E-state index is 0.0179. The molecule has 7 atom stereocenters. The van der Waals surface area contributed by atoms with E-state index < -0.39 is 0 Å². The summed E-state index contributed by atoms with van der Waals surface area (Å²) in [5.74, 6) is 0.750. The fraction of sp³-hybridized carbons (Fsp3) is 0.875. The van der Waals surface area contributed by atoms with Crippen molar-refractivity contribution in [1.82, 2.24) is 5.32 Å². The van der Waals surface area contributed by atoms with Crippen LogP contribution < -0.4 is 5.32 Å². The second kappa shape index (κ2) is 8.34. The van der Waals surface area contributed by atoms with Crippen molar-refractivity contribution in [1.29, 1.82) is 0 Å². The summed E-state index contributed by atoms with van der Waals surface area (Å²) >= 11 is 0. The molecule has 0 spiro atoms. The van der Waals surface area contributed by atoms with Crippen LogP contribution in [-0.2, 0) is 14.4 Å². The summed E-state index contributed by atoms with van der Waals surface area (Å²) in [4.78, 5) is 31.8. The lowest BCUT2D eigenvalue weighted by Crippen LogP contribution is -2.61. The highest BCUT2D eigenvalue weighted by molar-refractivity contribution is 5.93. The first-order valence-corrected chi connectivity index (χ1v) is 11.9. The Labute approximate surface area is 180 Å². The molecule has 6 nitrogen and oxygen atoms in total. The first-order chi connectivity index (χ1) is 14.4. The molecule has 0 heterocycles. The topological polar surface area (TPSA) is 88.0 Å². The Kier molecular flexibility index (Phi) is 6.10. The molecular formula is C24H38N2O4. The van der Waals surface area contributed by atoms with Crippen LogP contribution in [0.25, 0.3) is 0 Å². The average Bonchev–Trinajstić information content (AvgIpc) is 3.04. The first-order valence-electron chi connectivity index (χ1n) is 11.9. The number of hydrogen-bond donors (Lipinski definition) is 2. The average molecular weight is 419 g/mol. The van der Waals surface area contributed by atoms with E-state index in [1.165, 1.54) is 0 Å². The molecule has 4 aliphatic rings. The van der Waals surface area contributed by atoms with Crippen LogP contribution in [0.1, 0.15) is 65.2 Å². The third kappa shape index (κ3) is 3.35. The van der Waals surface area contributed by atoms with Crippen molar-refractivity contribution in [3.63, 3.8) is 0 Å². The van der Waals surface area contributed by atoms with E-state index in [1.54, 1.807) is 0 Å². The van der Waals surface area contributed by atoms with Gasteiger partial charge in [0.1, 0.15) is 18.2 Å². The molecule has 0 aromatic carbocycles. The highest BCUT2D eigenvalue weighted by Gasteiger charge is 2.64. The van der Waals surface area contributed by atoms with Gasteiger partial charge in [-0.1, -0.05) is 19.0 Å². The van der Waals surface area contributed by atoms with Crippen molar-refractivity contribution in [3.8, 4) is 0 Å². The van der Waals surface area contributed by atoms with Crippen LogP contribution in [0.4, 0.5) is 0 Å². The molecule has 0 saturated heterocycles. The van der Waals surface area contributed by atoms with Crippen molar-refractivity contribution >= 4 is 17.3 Å². The third-order valence-corrected chi connectivity index (χ3v) is 9.31. The van der Waals surface area contributed by atoms with Gasteiger partial charge in [0, 0.05) is 23.7 Å². The van der Waals surface area contributed by atoms with Crippen LogP contribution in [0.2, 0.25) is 0 Å². The lowest BCUT2D eigenvalue weighted by Gasteiger charge is -2.60. The molecule has 4 rings (SSSR count). The lowest BCUT2D eigenvalue weighted by molar-refractivity contribution is -0.166. The predicted octanol–water partition coefficient (Wildman–Crippen LogP) is 2.98. The quantitative estimate of drug-likeness (QED) is 0.511. The Bertz CT molecular complexity index is 722. The minimum atomic E-state index is -0.343. The second-order valence-corrected chi connectivity index (χ2v) is 10.6. The van der Waals surface area contributed by atoms with Crippen molar-refractivity contribution < 1.29 is 19.5 Å². The van der Waals surface area contributed by atoms with Gasteiger partial charge >= 0.3 is 0 Å². The number of Topliss-reactive ketones (excluding diaryl/α,β-unsaturated/α-hetero) is 2. The Hall–Kier alpha value is -1.27. The number of carbonyl (C=O) groups is 2. The monoisotopic (exact) mass is 418 g/mol. The standard InChI is InChI=1S/C24H38N2O4/c1-23-9-7-15(26-30-12-4-11-25-3)13-19(23)16(14-27)22(29)21-17-5-6-20(28)24(17,2)10-8-18(21)23/h16-19,21,25,27H,4-14H2,1-3H3/t16-,17+,18+,19?,21+,23-,24+/m1/s1. The summed E-state index contributed by atoms with van der Waals surface area (Å²) < 4.78 is 0. The smallest absolute Gasteiger partial charge is 0.142 e. The van der Waals surface area contributed by atoms with Crippen LogP contribution in [0.15, 0.2) is 5.16 Å². The predicted molar refractivity (Wildman–Crippen MR) is 115 cm³/mol. The second-order valence-electron chi connectivity index (χ2n) is 10.6. The number of hydrogen-bond acceptors (Lipinski definition) is 6. The molecule has 4 fully saturated rings. The van der Waals surface area contributed by atoms with Crippen molar-refractivity contribution in [2.45, 2.75) is 65.2 Å². The van der Waals surface area contributed by atoms with E-state index in [4.69, 9.17) is 4.84 Å². The minimum Gasteiger partial charge on any atom is -0.396 e. The van der Waals surface area contributed by atoms with Crippen LogP contribution in [0.5, 0.6) is 0 Å². The molecule has 168 valence electrons. The SMILES string of the molecule is CNCCCON=C1CC[C@@]2(C)C(C1)[C@@H](CO)C(=O)[C@@H]1[C@@H]2CC[C@]2(C)C(=O)CC[C@@H]12. The highest BCUT2D eigenvalue weighted by atomic mass is 16.6. The Morgan fingerprint density at radius 2 is 1.93 bits per heavy atom. The Balaban J connectivity index is 1.56. The zero-order chi connectivity index (χ0) is 21.5. The molecule has 0 aliphatic heterocycles. The van der Waals surface area contributed by atoms with Gasteiger partial charge in [0.15, 0.2) is 0 Å².